The summed E-state index contributed by atoms with van der Waals surface area (Å²) in [5.41, 5.74) is 0.592. The fourth-order valence-electron chi connectivity index (χ4n) is 4.17. The lowest BCUT2D eigenvalue weighted by Crippen LogP contribution is -2.15. The van der Waals surface area contributed by atoms with Crippen molar-refractivity contribution in [1.29, 1.82) is 0 Å². The minimum Gasteiger partial charge on any atom is -0.461 e. The van der Waals surface area contributed by atoms with Crippen molar-refractivity contribution in [3.63, 3.8) is 0 Å². The Kier molecular flexibility index (Phi) is 8.10. The molecule has 3 aromatic heterocycles. The van der Waals surface area contributed by atoms with Gasteiger partial charge in [0.2, 0.25) is 11.6 Å². The second-order valence-electron chi connectivity index (χ2n) is 8.85. The van der Waals surface area contributed by atoms with E-state index < -0.39 is 23.5 Å². The maximum absolute atomic E-state index is 13.7. The Labute approximate surface area is 240 Å². The van der Waals surface area contributed by atoms with E-state index in [1.165, 1.54) is 40.0 Å². The maximum atomic E-state index is 13.7. The molecule has 0 bridgehead atoms. The molecule has 0 unspecified atom stereocenters. The number of aromatic nitrogens is 5. The maximum Gasteiger partial charge on any atom is 0.359 e. The first-order valence-electron chi connectivity index (χ1n) is 13.1. The number of hydrogen-bond acceptors (Lipinski definition) is 9. The van der Waals surface area contributed by atoms with Gasteiger partial charge in [-0.3, -0.25) is 9.59 Å². The molecule has 2 aromatic carbocycles. The summed E-state index contributed by atoms with van der Waals surface area (Å²) in [4.78, 5) is 57.0. The van der Waals surface area contributed by atoms with Crippen molar-refractivity contribution >= 4 is 23.5 Å². The summed E-state index contributed by atoms with van der Waals surface area (Å²) in [6.07, 6.45) is 2.84. The Hall–Kier alpha value is -5.71. The molecule has 0 aliphatic rings. The topological polar surface area (TPSA) is 135 Å². The van der Waals surface area contributed by atoms with Crippen molar-refractivity contribution in [3.8, 4) is 11.4 Å². The molecule has 0 saturated heterocycles. The monoisotopic (exact) mass is 563 g/mol. The van der Waals surface area contributed by atoms with Crippen LogP contribution >= 0.6 is 0 Å². The quantitative estimate of drug-likeness (QED) is 0.180. The van der Waals surface area contributed by atoms with Gasteiger partial charge < -0.3 is 9.47 Å². The minimum absolute atomic E-state index is 0.0430. The molecule has 3 heterocycles. The van der Waals surface area contributed by atoms with Crippen LogP contribution in [-0.2, 0) is 9.47 Å². The number of ether oxygens (including phenoxy) is 2. The second kappa shape index (κ2) is 12.2. The molecule has 11 heteroatoms. The molecule has 0 spiro atoms. The molecule has 5 rings (SSSR count). The summed E-state index contributed by atoms with van der Waals surface area (Å²) in [5, 5.41) is 8.59. The van der Waals surface area contributed by atoms with Gasteiger partial charge >= 0.3 is 11.9 Å². The Morgan fingerprint density at radius 2 is 1.00 bits per heavy atom. The summed E-state index contributed by atoms with van der Waals surface area (Å²) in [5.74, 6) is -2.81. The molecule has 0 radical (unpaired) electrons. The van der Waals surface area contributed by atoms with Gasteiger partial charge in [0.05, 0.1) is 35.7 Å². The molecular formula is C31H25N5O6. The largest absolute Gasteiger partial charge is 0.461 e. The van der Waals surface area contributed by atoms with Gasteiger partial charge in [-0.1, -0.05) is 42.5 Å². The molecule has 0 atom stereocenters. The van der Waals surface area contributed by atoms with Gasteiger partial charge in [-0.05, 0) is 50.2 Å². The summed E-state index contributed by atoms with van der Waals surface area (Å²) >= 11 is 0. The van der Waals surface area contributed by atoms with Gasteiger partial charge in [-0.2, -0.15) is 10.2 Å². The summed E-state index contributed by atoms with van der Waals surface area (Å²) in [6, 6.07) is 22.2. The van der Waals surface area contributed by atoms with Crippen molar-refractivity contribution in [3.05, 3.63) is 125 Å². The van der Waals surface area contributed by atoms with E-state index >= 15 is 0 Å². The van der Waals surface area contributed by atoms with E-state index in [1.54, 1.807) is 62.4 Å². The molecule has 0 fully saturated rings. The van der Waals surface area contributed by atoms with Crippen molar-refractivity contribution in [1.82, 2.24) is 24.5 Å². The molecule has 42 heavy (non-hydrogen) atoms. The Morgan fingerprint density at radius 3 is 1.38 bits per heavy atom. The lowest BCUT2D eigenvalue weighted by atomic mass is 10.1. The number of para-hydroxylation sites is 2. The molecule has 11 nitrogen and oxygen atoms in total. The van der Waals surface area contributed by atoms with Crippen LogP contribution in [0.3, 0.4) is 0 Å². The predicted molar refractivity (Wildman–Crippen MR) is 150 cm³/mol. The average Bonchev–Trinajstić information content (AvgIpc) is 3.68. The van der Waals surface area contributed by atoms with E-state index in [1.807, 2.05) is 12.1 Å². The zero-order valence-electron chi connectivity index (χ0n) is 22.8. The highest BCUT2D eigenvalue weighted by molar-refractivity contribution is 6.15. The summed E-state index contributed by atoms with van der Waals surface area (Å²) < 4.78 is 13.0. The average molecular weight is 564 g/mol. The third-order valence-corrected chi connectivity index (χ3v) is 6.11. The van der Waals surface area contributed by atoms with Gasteiger partial charge in [0.15, 0.2) is 11.4 Å². The molecule has 210 valence electrons. The highest BCUT2D eigenvalue weighted by atomic mass is 16.5. The first-order chi connectivity index (χ1) is 20.4. The number of pyridine rings is 1. The highest BCUT2D eigenvalue weighted by Crippen LogP contribution is 2.20. The van der Waals surface area contributed by atoms with Crippen molar-refractivity contribution in [2.75, 3.05) is 13.2 Å². The first-order valence-corrected chi connectivity index (χ1v) is 13.1. The van der Waals surface area contributed by atoms with Gasteiger partial charge in [-0.15, -0.1) is 0 Å². The van der Waals surface area contributed by atoms with Crippen molar-refractivity contribution < 1.29 is 28.7 Å². The standard InChI is InChI=1S/C31H25N5O6/c1-3-41-30(39)26-22(18-35(33-26)20-12-7-5-8-13-20)28(37)24-16-11-17-25(32-24)29(38)23-19-36(21-14-9-6-10-15-21)34-27(23)31(40)42-4-2/h5-19H,3-4H2,1-2H3. The second-order valence-corrected chi connectivity index (χ2v) is 8.85. The first kappa shape index (κ1) is 27.8. The van der Waals surface area contributed by atoms with Crippen LogP contribution in [0.15, 0.2) is 91.3 Å². The van der Waals surface area contributed by atoms with Crippen LogP contribution in [0.2, 0.25) is 0 Å². The minimum atomic E-state index is -0.768. The number of carbonyl (C=O) groups is 4. The zero-order chi connectivity index (χ0) is 29.6. The van der Waals surface area contributed by atoms with Crippen molar-refractivity contribution in [2.24, 2.45) is 0 Å². The molecule has 0 amide bonds. The Balaban J connectivity index is 1.53. The van der Waals surface area contributed by atoms with Crippen LogP contribution in [0.1, 0.15) is 66.9 Å². The lowest BCUT2D eigenvalue weighted by molar-refractivity contribution is 0.0507. The number of nitrogens with zero attached hydrogens (tertiary/aromatic N) is 5. The number of esters is 2. The Bertz CT molecular complexity index is 1650. The lowest BCUT2D eigenvalue weighted by Gasteiger charge is -2.05. The van der Waals surface area contributed by atoms with E-state index in [0.29, 0.717) is 11.4 Å². The summed E-state index contributed by atoms with van der Waals surface area (Å²) in [6.45, 7) is 3.47. The molecular weight excluding hydrogens is 538 g/mol. The van der Waals surface area contributed by atoms with E-state index in [-0.39, 0.29) is 47.1 Å². The predicted octanol–water partition coefficient (Wildman–Crippen LogP) is 4.27. The third kappa shape index (κ3) is 5.61. The molecule has 0 aliphatic heterocycles. The van der Waals surface area contributed by atoms with Gasteiger partial charge in [0, 0.05) is 12.4 Å². The SMILES string of the molecule is CCOC(=O)c1nn(-c2ccccc2)cc1C(=O)c1cccc(C(=O)c2cn(-c3ccccc3)nc2C(=O)OCC)n1. The molecule has 0 N–H and O–H groups in total. The van der Waals surface area contributed by atoms with E-state index in [2.05, 4.69) is 15.2 Å². The number of benzene rings is 2. The van der Waals surface area contributed by atoms with Crippen LogP contribution in [0.4, 0.5) is 0 Å². The fraction of sp³-hybridized carbons (Fsp3) is 0.129. The van der Waals surface area contributed by atoms with Crippen molar-refractivity contribution in [2.45, 2.75) is 13.8 Å². The van der Waals surface area contributed by atoms with Crippen LogP contribution < -0.4 is 0 Å². The van der Waals surface area contributed by atoms with Gasteiger partial charge in [0.1, 0.15) is 11.4 Å². The molecule has 5 aromatic rings. The number of rotatable bonds is 10. The van der Waals surface area contributed by atoms with E-state index in [9.17, 15) is 19.2 Å². The normalized spacial score (nSPS) is 10.7. The van der Waals surface area contributed by atoms with Gasteiger partial charge in [-0.25, -0.2) is 23.9 Å². The zero-order valence-corrected chi connectivity index (χ0v) is 22.8. The van der Waals surface area contributed by atoms with Crippen LogP contribution in [0.5, 0.6) is 0 Å². The van der Waals surface area contributed by atoms with Crippen LogP contribution in [0, 0.1) is 0 Å². The smallest absolute Gasteiger partial charge is 0.359 e. The van der Waals surface area contributed by atoms with Crippen LogP contribution in [0.25, 0.3) is 11.4 Å². The Morgan fingerprint density at radius 1 is 0.595 bits per heavy atom. The number of hydrogen-bond donors (Lipinski definition) is 0. The number of ketones is 2. The van der Waals surface area contributed by atoms with Gasteiger partial charge in [0.25, 0.3) is 0 Å². The molecule has 0 aliphatic carbocycles. The summed E-state index contributed by atoms with van der Waals surface area (Å²) in [7, 11) is 0. The molecule has 0 saturated carbocycles. The number of carbonyl (C=O) groups excluding carboxylic acids is 4. The van der Waals surface area contributed by atoms with E-state index in [4.69, 9.17) is 9.47 Å². The highest BCUT2D eigenvalue weighted by Gasteiger charge is 2.28. The van der Waals surface area contributed by atoms with E-state index in [0.717, 1.165) is 0 Å². The van der Waals surface area contributed by atoms with Crippen LogP contribution in [-0.4, -0.2) is 61.3 Å². The third-order valence-electron chi connectivity index (χ3n) is 6.11. The fourth-order valence-corrected chi connectivity index (χ4v) is 4.17.